The molecular formula is C27H44O2. The molecule has 2 heteroatoms. The molecule has 9 atom stereocenters. The van der Waals surface area contributed by atoms with Crippen molar-refractivity contribution in [1.29, 1.82) is 0 Å². The number of hydrogen-bond acceptors (Lipinski definition) is 2. The molecule has 0 amide bonds. The molecule has 164 valence electrons. The predicted molar refractivity (Wildman–Crippen MR) is 118 cm³/mol. The quantitative estimate of drug-likeness (QED) is 0.474. The fourth-order valence-electron chi connectivity index (χ4n) is 9.52. The van der Waals surface area contributed by atoms with E-state index in [1.165, 1.54) is 51.4 Å². The summed E-state index contributed by atoms with van der Waals surface area (Å²) in [5.74, 6) is 5.66. The van der Waals surface area contributed by atoms with Crippen LogP contribution in [-0.4, -0.2) is 17.5 Å². The molecular weight excluding hydrogens is 356 g/mol. The zero-order valence-corrected chi connectivity index (χ0v) is 19.6. The Morgan fingerprint density at radius 2 is 1.76 bits per heavy atom. The molecule has 4 saturated carbocycles. The van der Waals surface area contributed by atoms with E-state index in [0.29, 0.717) is 11.2 Å². The first-order valence-corrected chi connectivity index (χ1v) is 12.9. The molecule has 1 saturated heterocycles. The van der Waals surface area contributed by atoms with Crippen molar-refractivity contribution in [3.63, 3.8) is 0 Å². The lowest BCUT2D eigenvalue weighted by molar-refractivity contribution is -0.132. The van der Waals surface area contributed by atoms with Crippen molar-refractivity contribution in [2.45, 2.75) is 117 Å². The average molecular weight is 401 g/mol. The van der Waals surface area contributed by atoms with Gasteiger partial charge in [0.2, 0.25) is 0 Å². The van der Waals surface area contributed by atoms with Crippen molar-refractivity contribution in [3.05, 3.63) is 0 Å². The van der Waals surface area contributed by atoms with Gasteiger partial charge in [0.25, 0.3) is 0 Å². The molecule has 0 N–H and O–H groups in total. The molecule has 0 radical (unpaired) electrons. The second-order valence-corrected chi connectivity index (χ2v) is 12.7. The maximum absolute atomic E-state index is 12.3. The Hall–Kier alpha value is -0.370. The predicted octanol–water partition coefficient (Wildman–Crippen LogP) is 6.81. The fraction of sp³-hybridized carbons (Fsp3) is 0.963. The summed E-state index contributed by atoms with van der Waals surface area (Å²) >= 11 is 0. The van der Waals surface area contributed by atoms with E-state index in [2.05, 4.69) is 34.6 Å². The zero-order chi connectivity index (χ0) is 20.6. The molecule has 29 heavy (non-hydrogen) atoms. The number of carbonyl (C=O) groups excluding carboxylic acids is 1. The minimum absolute atomic E-state index is 0.0344. The van der Waals surface area contributed by atoms with E-state index < -0.39 is 0 Å². The van der Waals surface area contributed by atoms with Crippen LogP contribution in [0.2, 0.25) is 0 Å². The molecule has 4 aliphatic carbocycles. The van der Waals surface area contributed by atoms with E-state index >= 15 is 0 Å². The van der Waals surface area contributed by atoms with Crippen LogP contribution in [0.15, 0.2) is 0 Å². The molecule has 1 aliphatic heterocycles. The van der Waals surface area contributed by atoms with Crippen molar-refractivity contribution in [2.75, 3.05) is 0 Å². The van der Waals surface area contributed by atoms with E-state index in [-0.39, 0.29) is 17.1 Å². The number of hydrogen-bond donors (Lipinski definition) is 0. The SMILES string of the molecule is CC(C)CCC[C@@H](C)[C@H]1CC[C@H]2[C@@H]3CCC45OC4C(=O)CC[C@]5(C)[C@H]3CC[C@]12C. The number of rotatable bonds is 5. The minimum atomic E-state index is -0.0562. The first kappa shape index (κ1) is 20.5. The molecule has 0 aromatic carbocycles. The van der Waals surface area contributed by atoms with E-state index in [4.69, 9.17) is 4.74 Å². The average Bonchev–Trinajstić information content (AvgIpc) is 3.31. The van der Waals surface area contributed by atoms with Gasteiger partial charge in [-0.3, -0.25) is 4.79 Å². The number of Topliss-reactive ketones (excluding diaryl/α,β-unsaturated/α-hetero) is 1. The Morgan fingerprint density at radius 3 is 2.52 bits per heavy atom. The van der Waals surface area contributed by atoms with Crippen LogP contribution in [0.1, 0.15) is 105 Å². The summed E-state index contributed by atoms with van der Waals surface area (Å²) in [5.41, 5.74) is 0.768. The molecule has 1 spiro atoms. The Bertz CT molecular complexity index is 669. The van der Waals surface area contributed by atoms with E-state index in [9.17, 15) is 4.79 Å². The van der Waals surface area contributed by atoms with Crippen molar-refractivity contribution in [3.8, 4) is 0 Å². The minimum Gasteiger partial charge on any atom is -0.357 e. The summed E-state index contributed by atoms with van der Waals surface area (Å²) in [6, 6.07) is 0. The summed E-state index contributed by atoms with van der Waals surface area (Å²) in [6.45, 7) is 12.5. The Balaban J connectivity index is 1.32. The zero-order valence-electron chi connectivity index (χ0n) is 19.6. The summed E-state index contributed by atoms with van der Waals surface area (Å²) in [5, 5.41) is 0. The maximum atomic E-state index is 12.3. The molecule has 1 heterocycles. The maximum Gasteiger partial charge on any atom is 0.164 e. The highest BCUT2D eigenvalue weighted by atomic mass is 16.6. The van der Waals surface area contributed by atoms with Gasteiger partial charge >= 0.3 is 0 Å². The molecule has 0 aromatic rings. The van der Waals surface area contributed by atoms with Gasteiger partial charge in [0, 0.05) is 11.8 Å². The third-order valence-electron chi connectivity index (χ3n) is 11.2. The lowest BCUT2D eigenvalue weighted by Crippen LogP contribution is -2.58. The highest BCUT2D eigenvalue weighted by molar-refractivity contribution is 5.88. The van der Waals surface area contributed by atoms with Gasteiger partial charge in [0.05, 0.1) is 0 Å². The number of epoxide rings is 1. The van der Waals surface area contributed by atoms with E-state index in [1.807, 2.05) is 0 Å². The molecule has 2 nitrogen and oxygen atoms in total. The molecule has 5 aliphatic rings. The van der Waals surface area contributed by atoms with E-state index in [1.54, 1.807) is 0 Å². The number of ketones is 1. The van der Waals surface area contributed by atoms with Gasteiger partial charge in [0.15, 0.2) is 5.78 Å². The van der Waals surface area contributed by atoms with Crippen LogP contribution in [0.5, 0.6) is 0 Å². The Morgan fingerprint density at radius 1 is 0.966 bits per heavy atom. The van der Waals surface area contributed by atoms with Crippen LogP contribution in [0.3, 0.4) is 0 Å². The van der Waals surface area contributed by atoms with Gasteiger partial charge in [-0.2, -0.15) is 0 Å². The topological polar surface area (TPSA) is 29.6 Å². The first-order valence-electron chi connectivity index (χ1n) is 12.9. The molecule has 5 rings (SSSR count). The highest BCUT2D eigenvalue weighted by Gasteiger charge is 2.76. The van der Waals surface area contributed by atoms with Gasteiger partial charge in [0.1, 0.15) is 11.7 Å². The highest BCUT2D eigenvalue weighted by Crippen LogP contribution is 2.73. The lowest BCUT2D eigenvalue weighted by atomic mass is 9.44. The lowest BCUT2D eigenvalue weighted by Gasteiger charge is -2.59. The van der Waals surface area contributed by atoms with Crippen LogP contribution in [-0.2, 0) is 9.53 Å². The third-order valence-corrected chi connectivity index (χ3v) is 11.2. The monoisotopic (exact) mass is 400 g/mol. The van der Waals surface area contributed by atoms with Crippen molar-refractivity contribution < 1.29 is 9.53 Å². The largest absolute Gasteiger partial charge is 0.357 e. The standard InChI is InChI=1S/C27H44O2/c1-17(2)7-6-8-18(3)20-9-10-21-19-11-16-27-24(29-27)23(28)13-15-26(27,5)22(19)12-14-25(20,21)4/h17-22,24H,6-16H2,1-5H3/t18-,19+,20-,21+,22+,24?,25-,26-,27?/m1/s1. The first-order chi connectivity index (χ1) is 13.7. The van der Waals surface area contributed by atoms with Gasteiger partial charge in [-0.15, -0.1) is 0 Å². The van der Waals surface area contributed by atoms with Gasteiger partial charge in [-0.05, 0) is 85.9 Å². The van der Waals surface area contributed by atoms with Crippen LogP contribution in [0.25, 0.3) is 0 Å². The number of carbonyl (C=O) groups is 1. The van der Waals surface area contributed by atoms with Crippen molar-refractivity contribution in [2.24, 2.45) is 46.3 Å². The smallest absolute Gasteiger partial charge is 0.164 e. The summed E-state index contributed by atoms with van der Waals surface area (Å²) < 4.78 is 6.24. The molecule has 0 aromatic heterocycles. The van der Waals surface area contributed by atoms with Crippen LogP contribution < -0.4 is 0 Å². The van der Waals surface area contributed by atoms with Gasteiger partial charge in [-0.25, -0.2) is 0 Å². The molecule has 5 fully saturated rings. The Labute approximate surface area is 178 Å². The molecule has 2 unspecified atom stereocenters. The third kappa shape index (κ3) is 2.79. The van der Waals surface area contributed by atoms with Crippen molar-refractivity contribution >= 4 is 5.78 Å². The second kappa shape index (κ2) is 6.81. The van der Waals surface area contributed by atoms with Crippen molar-refractivity contribution in [1.82, 2.24) is 0 Å². The summed E-state index contributed by atoms with van der Waals surface area (Å²) in [4.78, 5) is 12.3. The van der Waals surface area contributed by atoms with Crippen LogP contribution >= 0.6 is 0 Å². The van der Waals surface area contributed by atoms with Gasteiger partial charge in [-0.1, -0.05) is 53.9 Å². The number of ether oxygens (including phenoxy) is 1. The van der Waals surface area contributed by atoms with E-state index in [0.717, 1.165) is 54.8 Å². The van der Waals surface area contributed by atoms with Crippen LogP contribution in [0, 0.1) is 46.3 Å². The summed E-state index contributed by atoms with van der Waals surface area (Å²) in [7, 11) is 0. The molecule has 0 bridgehead atoms. The second-order valence-electron chi connectivity index (χ2n) is 12.7. The Kier molecular flexibility index (Phi) is 4.82. The fourth-order valence-corrected chi connectivity index (χ4v) is 9.52. The summed E-state index contributed by atoms with van der Waals surface area (Å²) in [6.07, 6.45) is 14.3. The van der Waals surface area contributed by atoms with Gasteiger partial charge < -0.3 is 4.74 Å². The normalized spacial score (nSPS) is 51.8. The van der Waals surface area contributed by atoms with Crippen LogP contribution in [0.4, 0.5) is 0 Å². The number of fused-ring (bicyclic) bond motifs is 4.